The fraction of sp³-hybridized carbons (Fsp3) is 0.333. The summed E-state index contributed by atoms with van der Waals surface area (Å²) in [6, 6.07) is -0.657. The molecule has 19 heavy (non-hydrogen) atoms. The molecule has 2 heterocycles. The van der Waals surface area contributed by atoms with Gasteiger partial charge in [0.2, 0.25) is 11.9 Å². The van der Waals surface area contributed by atoms with Crippen molar-refractivity contribution in [2.24, 2.45) is 27.4 Å². The van der Waals surface area contributed by atoms with Crippen molar-refractivity contribution in [2.45, 2.75) is 11.4 Å². The van der Waals surface area contributed by atoms with Crippen LogP contribution >= 0.6 is 11.8 Å². The molecule has 9 nitrogen and oxygen atoms in total. The topological polar surface area (TPSA) is 160 Å². The van der Waals surface area contributed by atoms with Gasteiger partial charge in [0, 0.05) is 11.3 Å². The van der Waals surface area contributed by atoms with E-state index >= 15 is 0 Å². The number of thioether (sulfide) groups is 1. The Kier molecular flexibility index (Phi) is 3.44. The van der Waals surface area contributed by atoms with Crippen molar-refractivity contribution in [1.82, 2.24) is 4.90 Å². The molecule has 0 bridgehead atoms. The van der Waals surface area contributed by atoms with Crippen LogP contribution in [0.5, 0.6) is 0 Å². The Bertz CT molecular complexity index is 524. The highest BCUT2D eigenvalue weighted by Crippen LogP contribution is 2.38. The molecule has 0 radical (unpaired) electrons. The van der Waals surface area contributed by atoms with Gasteiger partial charge in [-0.15, -0.1) is 16.9 Å². The Morgan fingerprint density at radius 2 is 2.21 bits per heavy atom. The number of β-lactam (4-membered cyclic amide) rings is 1. The molecule has 1 fully saturated rings. The Labute approximate surface area is 112 Å². The quantitative estimate of drug-likeness (QED) is 0.198. The molecule has 1 unspecified atom stereocenters. The zero-order valence-electron chi connectivity index (χ0n) is 9.68. The molecule has 7 N–H and O–H groups in total. The number of carboxylic acids is 1. The summed E-state index contributed by atoms with van der Waals surface area (Å²) >= 11 is 1.37. The molecule has 2 rings (SSSR count). The average molecular weight is 284 g/mol. The SMILES string of the molecule is NC(N)=NN=CC1=C(C(=O)O)N2C(=O)C(N)[C@H]2SC1. The number of aliphatic carboxylic acids is 1. The second kappa shape index (κ2) is 4.90. The average Bonchev–Trinajstić information content (AvgIpc) is 2.36. The van der Waals surface area contributed by atoms with E-state index in [1.54, 1.807) is 0 Å². The van der Waals surface area contributed by atoms with Crippen LogP contribution in [0.3, 0.4) is 0 Å². The Balaban J connectivity index is 2.33. The van der Waals surface area contributed by atoms with Crippen molar-refractivity contribution < 1.29 is 14.7 Å². The van der Waals surface area contributed by atoms with Gasteiger partial charge >= 0.3 is 5.97 Å². The number of hydrogen-bond donors (Lipinski definition) is 4. The summed E-state index contributed by atoms with van der Waals surface area (Å²) in [6.07, 6.45) is 1.23. The Morgan fingerprint density at radius 3 is 2.79 bits per heavy atom. The van der Waals surface area contributed by atoms with Crippen LogP contribution in [-0.4, -0.2) is 51.2 Å². The highest BCUT2D eigenvalue weighted by atomic mass is 32.2. The summed E-state index contributed by atoms with van der Waals surface area (Å²) in [6.45, 7) is 0. The zero-order valence-corrected chi connectivity index (χ0v) is 10.5. The minimum absolute atomic E-state index is 0.120. The monoisotopic (exact) mass is 284 g/mol. The van der Waals surface area contributed by atoms with E-state index in [0.717, 1.165) is 4.90 Å². The van der Waals surface area contributed by atoms with Crippen molar-refractivity contribution >= 4 is 35.8 Å². The van der Waals surface area contributed by atoms with Crippen molar-refractivity contribution in [3.05, 3.63) is 11.3 Å². The van der Waals surface area contributed by atoms with Crippen LogP contribution in [0, 0.1) is 0 Å². The van der Waals surface area contributed by atoms with Crippen molar-refractivity contribution in [3.8, 4) is 0 Å². The molecule has 102 valence electrons. The van der Waals surface area contributed by atoms with E-state index in [1.165, 1.54) is 18.0 Å². The first-order valence-electron chi connectivity index (χ1n) is 5.22. The van der Waals surface area contributed by atoms with Gasteiger partial charge in [-0.2, -0.15) is 5.10 Å². The van der Waals surface area contributed by atoms with Gasteiger partial charge in [-0.25, -0.2) is 4.79 Å². The van der Waals surface area contributed by atoms with Crippen LogP contribution < -0.4 is 17.2 Å². The highest BCUT2D eigenvalue weighted by molar-refractivity contribution is 8.00. The standard InChI is InChI=1S/C9H12N6O3S/c10-4-6(16)15-5(8(17)18)3(2-19-7(4)15)1-13-14-9(11)12/h1,4,7H,2,10H2,(H,17,18)(H4,11,12,14)/t4?,7-/m1/s1. The molecule has 0 saturated carbocycles. The molecule has 10 heteroatoms. The lowest BCUT2D eigenvalue weighted by molar-refractivity contribution is -0.147. The van der Waals surface area contributed by atoms with E-state index in [0.29, 0.717) is 11.3 Å². The third-order valence-corrected chi connectivity index (χ3v) is 3.95. The smallest absolute Gasteiger partial charge is 0.353 e. The third-order valence-electron chi connectivity index (χ3n) is 2.63. The van der Waals surface area contributed by atoms with Gasteiger partial charge in [0.1, 0.15) is 17.1 Å². The van der Waals surface area contributed by atoms with Crippen LogP contribution in [0.25, 0.3) is 0 Å². The minimum atomic E-state index is -1.21. The van der Waals surface area contributed by atoms with Crippen molar-refractivity contribution in [1.29, 1.82) is 0 Å². The fourth-order valence-corrected chi connectivity index (χ4v) is 3.05. The summed E-state index contributed by atoms with van der Waals surface area (Å²) in [5.41, 5.74) is 16.0. The second-order valence-electron chi connectivity index (χ2n) is 3.88. The first-order chi connectivity index (χ1) is 8.93. The molecule has 0 aromatic carbocycles. The van der Waals surface area contributed by atoms with Gasteiger partial charge in [0.15, 0.2) is 0 Å². The van der Waals surface area contributed by atoms with Crippen LogP contribution in [-0.2, 0) is 9.59 Å². The Morgan fingerprint density at radius 1 is 1.53 bits per heavy atom. The molecule has 2 aliphatic rings. The minimum Gasteiger partial charge on any atom is -0.477 e. The first kappa shape index (κ1) is 13.4. The number of fused-ring (bicyclic) bond motifs is 1. The lowest BCUT2D eigenvalue weighted by atomic mass is 10.0. The molecule has 0 aromatic heterocycles. The van der Waals surface area contributed by atoms with Gasteiger partial charge in [0.25, 0.3) is 0 Å². The maximum atomic E-state index is 11.6. The summed E-state index contributed by atoms with van der Waals surface area (Å²) in [4.78, 5) is 24.0. The maximum absolute atomic E-state index is 11.6. The zero-order chi connectivity index (χ0) is 14.2. The van der Waals surface area contributed by atoms with Crippen molar-refractivity contribution in [3.63, 3.8) is 0 Å². The first-order valence-corrected chi connectivity index (χ1v) is 6.27. The molecule has 0 aliphatic carbocycles. The predicted octanol–water partition coefficient (Wildman–Crippen LogP) is -2.17. The number of nitrogens with zero attached hydrogens (tertiary/aromatic N) is 3. The van der Waals surface area contributed by atoms with Crippen LogP contribution in [0.15, 0.2) is 21.5 Å². The van der Waals surface area contributed by atoms with E-state index in [4.69, 9.17) is 17.2 Å². The van der Waals surface area contributed by atoms with Gasteiger partial charge in [-0.05, 0) is 0 Å². The molecular weight excluding hydrogens is 272 g/mol. The van der Waals surface area contributed by atoms with Gasteiger partial charge in [-0.3, -0.25) is 9.69 Å². The molecule has 0 spiro atoms. The fourth-order valence-electron chi connectivity index (χ4n) is 1.80. The number of amides is 1. The predicted molar refractivity (Wildman–Crippen MR) is 70.0 cm³/mol. The largest absolute Gasteiger partial charge is 0.477 e. The lowest BCUT2D eigenvalue weighted by Crippen LogP contribution is -2.68. The summed E-state index contributed by atoms with van der Waals surface area (Å²) in [7, 11) is 0. The summed E-state index contributed by atoms with van der Waals surface area (Å²) in [5.74, 6) is -1.50. The van der Waals surface area contributed by atoms with E-state index in [1.807, 2.05) is 0 Å². The van der Waals surface area contributed by atoms with Crippen LogP contribution in [0.1, 0.15) is 0 Å². The molecule has 0 aromatic rings. The van der Waals surface area contributed by atoms with Crippen LogP contribution in [0.2, 0.25) is 0 Å². The summed E-state index contributed by atoms with van der Waals surface area (Å²) < 4.78 is 0. The number of hydrogen-bond acceptors (Lipinski definition) is 6. The second-order valence-corrected chi connectivity index (χ2v) is 4.99. The number of rotatable bonds is 3. The van der Waals surface area contributed by atoms with E-state index in [-0.39, 0.29) is 17.0 Å². The van der Waals surface area contributed by atoms with Gasteiger partial charge in [-0.1, -0.05) is 0 Å². The third kappa shape index (κ3) is 2.27. The molecule has 2 aliphatic heterocycles. The lowest BCUT2D eigenvalue weighted by Gasteiger charge is -2.47. The van der Waals surface area contributed by atoms with Crippen molar-refractivity contribution in [2.75, 3.05) is 5.75 Å². The van der Waals surface area contributed by atoms with Crippen LogP contribution in [0.4, 0.5) is 0 Å². The number of nitrogens with two attached hydrogens (primary N) is 3. The molecular formula is C9H12N6O3S. The molecule has 1 amide bonds. The molecule has 2 atom stereocenters. The van der Waals surface area contributed by atoms with Gasteiger partial charge in [0.05, 0.1) is 6.21 Å². The highest BCUT2D eigenvalue weighted by Gasteiger charge is 2.51. The van der Waals surface area contributed by atoms with E-state index in [2.05, 4.69) is 10.2 Å². The number of carboxylic acid groups (broad SMARTS) is 1. The summed E-state index contributed by atoms with van der Waals surface area (Å²) in [5, 5.41) is 15.8. The number of carbonyl (C=O) groups is 2. The Hall–Kier alpha value is -2.07. The molecule has 1 saturated heterocycles. The van der Waals surface area contributed by atoms with E-state index in [9.17, 15) is 14.7 Å². The van der Waals surface area contributed by atoms with E-state index < -0.39 is 17.9 Å². The number of carbonyl (C=O) groups excluding carboxylic acids is 1. The normalized spacial score (nSPS) is 26.2. The number of guanidine groups is 1. The maximum Gasteiger partial charge on any atom is 0.353 e. The van der Waals surface area contributed by atoms with Gasteiger partial charge < -0.3 is 22.3 Å².